The van der Waals surface area contributed by atoms with Crippen LogP contribution in [0.3, 0.4) is 0 Å². The maximum atomic E-state index is 12.3. The predicted molar refractivity (Wildman–Crippen MR) is 77.8 cm³/mol. The van der Waals surface area contributed by atoms with Crippen LogP contribution in [0, 0.1) is 0 Å². The van der Waals surface area contributed by atoms with E-state index in [1.807, 2.05) is 30.3 Å². The van der Waals surface area contributed by atoms with Gasteiger partial charge in [0.2, 0.25) is 0 Å². The number of amides is 1. The number of hydrogen-bond donors (Lipinski definition) is 1. The molecule has 5 heteroatoms. The second kappa shape index (κ2) is 5.29. The summed E-state index contributed by atoms with van der Waals surface area (Å²) in [6.45, 7) is 0.519. The summed E-state index contributed by atoms with van der Waals surface area (Å²) in [6.07, 6.45) is 2.38. The zero-order valence-corrected chi connectivity index (χ0v) is 12.0. The first-order valence-electron chi connectivity index (χ1n) is 6.68. The lowest BCUT2D eigenvalue weighted by molar-refractivity contribution is 0.0779. The number of aromatic nitrogens is 2. The number of H-pyrrole nitrogens is 1. The molecule has 104 valence electrons. The molecule has 1 N–H and O–H groups in total. The molecule has 1 aliphatic rings. The molecule has 0 atom stereocenters. The van der Waals surface area contributed by atoms with Gasteiger partial charge in [0.1, 0.15) is 5.69 Å². The topological polar surface area (TPSA) is 49.0 Å². The van der Waals surface area contributed by atoms with E-state index in [1.165, 1.54) is 12.8 Å². The Kier molecular flexibility index (Phi) is 3.49. The standard InChI is InChI=1S/C15H16ClN3O/c1-19(9-10-3-2-4-12(16)7-10)15(20)14-8-13(17-18-14)11-5-6-11/h2-4,7-8,11H,5-6,9H2,1H3,(H,17,18). The first kappa shape index (κ1) is 13.2. The van der Waals surface area contributed by atoms with Crippen LogP contribution in [0.1, 0.15) is 40.5 Å². The van der Waals surface area contributed by atoms with Gasteiger partial charge in [0.15, 0.2) is 0 Å². The number of nitrogens with one attached hydrogen (secondary N) is 1. The average Bonchev–Trinajstić information content (AvgIpc) is 3.16. The lowest BCUT2D eigenvalue weighted by atomic mass is 10.2. The van der Waals surface area contributed by atoms with E-state index in [0.29, 0.717) is 23.2 Å². The molecule has 3 rings (SSSR count). The number of nitrogens with zero attached hydrogens (tertiary/aromatic N) is 2. The van der Waals surface area contributed by atoms with Crippen molar-refractivity contribution in [1.82, 2.24) is 15.1 Å². The normalized spacial score (nSPS) is 14.3. The van der Waals surface area contributed by atoms with Gasteiger partial charge in [0.05, 0.1) is 0 Å². The molecule has 4 nitrogen and oxygen atoms in total. The van der Waals surface area contributed by atoms with Gasteiger partial charge in [-0.2, -0.15) is 5.10 Å². The van der Waals surface area contributed by atoms with Crippen LogP contribution < -0.4 is 0 Å². The summed E-state index contributed by atoms with van der Waals surface area (Å²) in [5.41, 5.74) is 2.56. The monoisotopic (exact) mass is 289 g/mol. The molecule has 0 aliphatic heterocycles. The molecule has 1 heterocycles. The van der Waals surface area contributed by atoms with Crippen molar-refractivity contribution in [1.29, 1.82) is 0 Å². The number of halogens is 1. The van der Waals surface area contributed by atoms with Crippen molar-refractivity contribution < 1.29 is 4.79 Å². The second-order valence-corrected chi connectivity index (χ2v) is 5.71. The van der Waals surface area contributed by atoms with Gasteiger partial charge < -0.3 is 4.90 Å². The number of carbonyl (C=O) groups is 1. The van der Waals surface area contributed by atoms with Crippen molar-refractivity contribution >= 4 is 17.5 Å². The van der Waals surface area contributed by atoms with Gasteiger partial charge in [-0.15, -0.1) is 0 Å². The van der Waals surface area contributed by atoms with Crippen LogP contribution in [0.4, 0.5) is 0 Å². The quantitative estimate of drug-likeness (QED) is 0.939. The maximum absolute atomic E-state index is 12.3. The first-order chi connectivity index (χ1) is 9.63. The van der Waals surface area contributed by atoms with Gasteiger partial charge in [-0.25, -0.2) is 0 Å². The minimum atomic E-state index is -0.0758. The van der Waals surface area contributed by atoms with Crippen LogP contribution in [0.5, 0.6) is 0 Å². The fourth-order valence-electron chi connectivity index (χ4n) is 2.23. The molecule has 1 amide bonds. The van der Waals surface area contributed by atoms with E-state index in [0.717, 1.165) is 11.3 Å². The molecule has 1 aromatic heterocycles. The van der Waals surface area contributed by atoms with Crippen molar-refractivity contribution in [3.05, 3.63) is 52.3 Å². The second-order valence-electron chi connectivity index (χ2n) is 5.27. The molecule has 0 saturated heterocycles. The highest BCUT2D eigenvalue weighted by Crippen LogP contribution is 2.39. The van der Waals surface area contributed by atoms with Gasteiger partial charge in [-0.05, 0) is 36.6 Å². The van der Waals surface area contributed by atoms with Crippen molar-refractivity contribution in [3.8, 4) is 0 Å². The highest BCUT2D eigenvalue weighted by Gasteiger charge is 2.27. The highest BCUT2D eigenvalue weighted by molar-refractivity contribution is 6.30. The third-order valence-corrected chi connectivity index (χ3v) is 3.72. The van der Waals surface area contributed by atoms with Crippen molar-refractivity contribution in [3.63, 3.8) is 0 Å². The van der Waals surface area contributed by atoms with E-state index in [9.17, 15) is 4.79 Å². The fourth-order valence-corrected chi connectivity index (χ4v) is 2.44. The molecule has 1 fully saturated rings. The van der Waals surface area contributed by atoms with Crippen LogP contribution >= 0.6 is 11.6 Å². The SMILES string of the molecule is CN(Cc1cccc(Cl)c1)C(=O)c1cc(C2CC2)[nH]n1. The molecule has 1 saturated carbocycles. The Balaban J connectivity index is 1.69. The summed E-state index contributed by atoms with van der Waals surface area (Å²) >= 11 is 5.95. The summed E-state index contributed by atoms with van der Waals surface area (Å²) in [6, 6.07) is 9.40. The van der Waals surface area contributed by atoms with Crippen molar-refractivity contribution in [2.75, 3.05) is 7.05 Å². The Morgan fingerprint density at radius 3 is 2.95 bits per heavy atom. The van der Waals surface area contributed by atoms with Crippen molar-refractivity contribution in [2.45, 2.75) is 25.3 Å². The molecule has 2 aromatic rings. The first-order valence-corrected chi connectivity index (χ1v) is 7.06. The highest BCUT2D eigenvalue weighted by atomic mass is 35.5. The van der Waals surface area contributed by atoms with Gasteiger partial charge in [0.25, 0.3) is 5.91 Å². The van der Waals surface area contributed by atoms with E-state index in [4.69, 9.17) is 11.6 Å². The molecule has 1 aromatic carbocycles. The number of carbonyl (C=O) groups excluding carboxylic acids is 1. The third kappa shape index (κ3) is 2.85. The van der Waals surface area contributed by atoms with Crippen LogP contribution in [-0.4, -0.2) is 28.1 Å². The van der Waals surface area contributed by atoms with Gasteiger partial charge >= 0.3 is 0 Å². The number of benzene rings is 1. The Labute approximate surface area is 122 Å². The summed E-state index contributed by atoms with van der Waals surface area (Å²) < 4.78 is 0. The summed E-state index contributed by atoms with van der Waals surface area (Å²) in [7, 11) is 1.77. The zero-order chi connectivity index (χ0) is 14.1. The van der Waals surface area contributed by atoms with E-state index >= 15 is 0 Å². The number of hydrogen-bond acceptors (Lipinski definition) is 2. The largest absolute Gasteiger partial charge is 0.336 e. The smallest absolute Gasteiger partial charge is 0.274 e. The van der Waals surface area contributed by atoms with Gasteiger partial charge in [0, 0.05) is 30.2 Å². The molecule has 0 unspecified atom stereocenters. The van der Waals surface area contributed by atoms with Crippen LogP contribution in [0.25, 0.3) is 0 Å². The predicted octanol–water partition coefficient (Wildman–Crippen LogP) is 3.21. The molecule has 0 radical (unpaired) electrons. The molecule has 0 spiro atoms. The lowest BCUT2D eigenvalue weighted by Gasteiger charge is -2.15. The zero-order valence-electron chi connectivity index (χ0n) is 11.3. The summed E-state index contributed by atoms with van der Waals surface area (Å²) in [5.74, 6) is 0.496. The van der Waals surface area contributed by atoms with Gasteiger partial charge in [-0.1, -0.05) is 23.7 Å². The van der Waals surface area contributed by atoms with E-state index < -0.39 is 0 Å². The van der Waals surface area contributed by atoms with E-state index in [1.54, 1.807) is 11.9 Å². The number of rotatable bonds is 4. The van der Waals surface area contributed by atoms with Gasteiger partial charge in [-0.3, -0.25) is 9.89 Å². The Bertz CT molecular complexity index is 634. The van der Waals surface area contributed by atoms with Crippen molar-refractivity contribution in [2.24, 2.45) is 0 Å². The molecule has 20 heavy (non-hydrogen) atoms. The molecular weight excluding hydrogens is 274 g/mol. The maximum Gasteiger partial charge on any atom is 0.274 e. The lowest BCUT2D eigenvalue weighted by Crippen LogP contribution is -2.26. The molecule has 1 aliphatic carbocycles. The molecule has 0 bridgehead atoms. The average molecular weight is 290 g/mol. The third-order valence-electron chi connectivity index (χ3n) is 3.49. The van der Waals surface area contributed by atoms with E-state index in [-0.39, 0.29) is 5.91 Å². The van der Waals surface area contributed by atoms with Crippen LogP contribution in [0.2, 0.25) is 5.02 Å². The van der Waals surface area contributed by atoms with E-state index in [2.05, 4.69) is 10.2 Å². The number of aromatic amines is 1. The minimum absolute atomic E-state index is 0.0758. The Morgan fingerprint density at radius 2 is 2.25 bits per heavy atom. The summed E-state index contributed by atoms with van der Waals surface area (Å²) in [4.78, 5) is 14.0. The minimum Gasteiger partial charge on any atom is -0.336 e. The Morgan fingerprint density at radius 1 is 1.45 bits per heavy atom. The fraction of sp³-hybridized carbons (Fsp3) is 0.333. The van der Waals surface area contributed by atoms with Crippen LogP contribution in [0.15, 0.2) is 30.3 Å². The Hall–Kier alpha value is -1.81. The summed E-state index contributed by atoms with van der Waals surface area (Å²) in [5, 5.41) is 7.75. The van der Waals surface area contributed by atoms with Crippen LogP contribution in [-0.2, 0) is 6.54 Å². The molecular formula is C15H16ClN3O.